The van der Waals surface area contributed by atoms with E-state index in [2.05, 4.69) is 45.1 Å². The van der Waals surface area contributed by atoms with Crippen LogP contribution in [0.1, 0.15) is 30.4 Å². The molecule has 1 amide bonds. The standard InChI is InChI=1S/C25H31BrN2O2S/c1-30-22-7-8-24(26)21(16-22)15-19-9-12-27(13-10-19)14-11-23-18-28(25(29)31-23)17-20-5-3-2-4-6-20/h2-8,16,19,23H,9-15,17-18H2,1H3. The summed E-state index contributed by atoms with van der Waals surface area (Å²) in [6, 6.07) is 16.5. The van der Waals surface area contributed by atoms with Gasteiger partial charge < -0.3 is 14.5 Å². The third-order valence-corrected chi connectivity index (χ3v) is 8.35. The summed E-state index contributed by atoms with van der Waals surface area (Å²) in [6.07, 6.45) is 4.67. The molecule has 2 heterocycles. The SMILES string of the molecule is COc1ccc(Br)c(CC2CCN(CCC3CN(Cc4ccccc4)C(=O)S3)CC2)c1. The second kappa shape index (κ2) is 10.9. The predicted molar refractivity (Wildman–Crippen MR) is 132 cm³/mol. The number of thioether (sulfide) groups is 1. The lowest BCUT2D eigenvalue weighted by molar-refractivity contribution is 0.180. The smallest absolute Gasteiger partial charge is 0.282 e. The van der Waals surface area contributed by atoms with Crippen LogP contribution in [0.5, 0.6) is 5.75 Å². The van der Waals surface area contributed by atoms with Gasteiger partial charge in [0, 0.05) is 22.8 Å². The van der Waals surface area contributed by atoms with E-state index in [1.807, 2.05) is 29.2 Å². The highest BCUT2D eigenvalue weighted by Gasteiger charge is 2.31. The number of methoxy groups -OCH3 is 1. The number of carbonyl (C=O) groups is 1. The van der Waals surface area contributed by atoms with Crippen LogP contribution in [0.2, 0.25) is 0 Å². The first-order valence-electron chi connectivity index (χ1n) is 11.1. The van der Waals surface area contributed by atoms with Gasteiger partial charge in [0.1, 0.15) is 5.75 Å². The number of piperidine rings is 1. The van der Waals surface area contributed by atoms with E-state index < -0.39 is 0 Å². The number of hydrogen-bond donors (Lipinski definition) is 0. The Labute approximate surface area is 198 Å². The summed E-state index contributed by atoms with van der Waals surface area (Å²) in [5, 5.41) is 0.651. The minimum atomic E-state index is 0.233. The van der Waals surface area contributed by atoms with Gasteiger partial charge >= 0.3 is 0 Å². The van der Waals surface area contributed by atoms with Gasteiger partial charge in [-0.05, 0) is 80.6 Å². The Balaban J connectivity index is 1.19. The number of rotatable bonds is 8. The summed E-state index contributed by atoms with van der Waals surface area (Å²) < 4.78 is 6.57. The van der Waals surface area contributed by atoms with Crippen molar-refractivity contribution in [2.45, 2.75) is 37.5 Å². The molecule has 166 valence electrons. The molecular formula is C25H31BrN2O2S. The topological polar surface area (TPSA) is 32.8 Å². The number of amides is 1. The molecule has 0 aliphatic carbocycles. The maximum absolute atomic E-state index is 12.4. The third-order valence-electron chi connectivity index (χ3n) is 6.40. The first-order valence-corrected chi connectivity index (χ1v) is 12.8. The number of nitrogens with zero attached hydrogens (tertiary/aromatic N) is 2. The molecule has 2 aliphatic rings. The number of ether oxygens (including phenoxy) is 1. The van der Waals surface area contributed by atoms with E-state index in [9.17, 15) is 4.79 Å². The molecule has 4 nitrogen and oxygen atoms in total. The van der Waals surface area contributed by atoms with Crippen LogP contribution in [0, 0.1) is 5.92 Å². The van der Waals surface area contributed by atoms with Crippen molar-refractivity contribution in [3.63, 3.8) is 0 Å². The molecule has 2 aromatic carbocycles. The van der Waals surface area contributed by atoms with Gasteiger partial charge in [0.2, 0.25) is 0 Å². The van der Waals surface area contributed by atoms with Gasteiger partial charge in [0.05, 0.1) is 7.11 Å². The Morgan fingerprint density at radius 1 is 1.13 bits per heavy atom. The van der Waals surface area contributed by atoms with Gasteiger partial charge in [-0.15, -0.1) is 0 Å². The molecule has 2 aliphatic heterocycles. The minimum absolute atomic E-state index is 0.233. The molecule has 0 radical (unpaired) electrons. The molecule has 0 bridgehead atoms. The van der Waals surface area contributed by atoms with E-state index >= 15 is 0 Å². The summed E-state index contributed by atoms with van der Waals surface area (Å²) in [5.74, 6) is 1.66. The van der Waals surface area contributed by atoms with Gasteiger partial charge in [-0.25, -0.2) is 0 Å². The van der Waals surface area contributed by atoms with Crippen molar-refractivity contribution in [2.24, 2.45) is 5.92 Å². The van der Waals surface area contributed by atoms with Gasteiger partial charge in [-0.3, -0.25) is 4.79 Å². The molecule has 0 N–H and O–H groups in total. The molecule has 0 saturated carbocycles. The zero-order chi connectivity index (χ0) is 21.6. The van der Waals surface area contributed by atoms with Crippen LogP contribution in [0.4, 0.5) is 4.79 Å². The average Bonchev–Trinajstić information content (AvgIpc) is 3.14. The predicted octanol–water partition coefficient (Wildman–Crippen LogP) is 5.84. The first kappa shape index (κ1) is 22.7. The van der Waals surface area contributed by atoms with Crippen LogP contribution >= 0.6 is 27.7 Å². The highest BCUT2D eigenvalue weighted by molar-refractivity contribution is 9.10. The van der Waals surface area contributed by atoms with Gasteiger partial charge in [0.15, 0.2) is 0 Å². The largest absolute Gasteiger partial charge is 0.497 e. The van der Waals surface area contributed by atoms with Crippen molar-refractivity contribution < 1.29 is 9.53 Å². The molecule has 0 aromatic heterocycles. The maximum atomic E-state index is 12.4. The monoisotopic (exact) mass is 502 g/mol. The third kappa shape index (κ3) is 6.27. The molecule has 2 saturated heterocycles. The highest BCUT2D eigenvalue weighted by atomic mass is 79.9. The average molecular weight is 504 g/mol. The van der Waals surface area contributed by atoms with E-state index in [1.165, 1.54) is 40.2 Å². The van der Waals surface area contributed by atoms with Gasteiger partial charge in [-0.1, -0.05) is 58.0 Å². The Morgan fingerprint density at radius 2 is 1.90 bits per heavy atom. The molecule has 1 atom stereocenters. The minimum Gasteiger partial charge on any atom is -0.497 e. The Kier molecular flexibility index (Phi) is 7.96. The van der Waals surface area contributed by atoms with Crippen molar-refractivity contribution in [3.8, 4) is 5.75 Å². The number of halogens is 1. The second-order valence-electron chi connectivity index (χ2n) is 8.61. The summed E-state index contributed by atoms with van der Waals surface area (Å²) in [5.41, 5.74) is 2.55. The second-order valence-corrected chi connectivity index (χ2v) is 10.7. The zero-order valence-corrected chi connectivity index (χ0v) is 20.5. The van der Waals surface area contributed by atoms with E-state index in [1.54, 1.807) is 7.11 Å². The van der Waals surface area contributed by atoms with Crippen molar-refractivity contribution in [1.82, 2.24) is 9.80 Å². The molecule has 6 heteroatoms. The number of likely N-dealkylation sites (tertiary alicyclic amines) is 1. The van der Waals surface area contributed by atoms with Crippen molar-refractivity contribution >= 4 is 32.9 Å². The van der Waals surface area contributed by atoms with E-state index in [0.717, 1.165) is 57.2 Å². The van der Waals surface area contributed by atoms with E-state index in [0.29, 0.717) is 5.25 Å². The number of benzene rings is 2. The van der Waals surface area contributed by atoms with Crippen LogP contribution in [-0.2, 0) is 13.0 Å². The van der Waals surface area contributed by atoms with Crippen molar-refractivity contribution in [3.05, 3.63) is 64.1 Å². The lowest BCUT2D eigenvalue weighted by Gasteiger charge is -2.32. The van der Waals surface area contributed by atoms with Crippen molar-refractivity contribution in [2.75, 3.05) is 33.3 Å². The van der Waals surface area contributed by atoms with Gasteiger partial charge in [-0.2, -0.15) is 0 Å². The fourth-order valence-electron chi connectivity index (χ4n) is 4.54. The molecule has 2 aromatic rings. The summed E-state index contributed by atoms with van der Waals surface area (Å²) in [6.45, 7) is 5.02. The normalized spacial score (nSPS) is 20.4. The van der Waals surface area contributed by atoms with Gasteiger partial charge in [0.25, 0.3) is 5.24 Å². The fourth-order valence-corrected chi connectivity index (χ4v) is 6.00. The Bertz CT molecular complexity index is 871. The maximum Gasteiger partial charge on any atom is 0.282 e. The summed E-state index contributed by atoms with van der Waals surface area (Å²) in [7, 11) is 1.72. The van der Waals surface area contributed by atoms with Crippen molar-refractivity contribution in [1.29, 1.82) is 0 Å². The first-order chi connectivity index (χ1) is 15.1. The Morgan fingerprint density at radius 3 is 2.65 bits per heavy atom. The summed E-state index contributed by atoms with van der Waals surface area (Å²) in [4.78, 5) is 17.0. The lowest BCUT2D eigenvalue weighted by atomic mass is 9.90. The van der Waals surface area contributed by atoms with Crippen LogP contribution in [0.25, 0.3) is 0 Å². The van der Waals surface area contributed by atoms with E-state index in [4.69, 9.17) is 4.74 Å². The van der Waals surface area contributed by atoms with E-state index in [-0.39, 0.29) is 5.24 Å². The summed E-state index contributed by atoms with van der Waals surface area (Å²) >= 11 is 5.22. The number of hydrogen-bond acceptors (Lipinski definition) is 4. The lowest BCUT2D eigenvalue weighted by Crippen LogP contribution is -2.36. The fraction of sp³-hybridized carbons (Fsp3) is 0.480. The Hall–Kier alpha value is -1.50. The molecule has 31 heavy (non-hydrogen) atoms. The van der Waals surface area contributed by atoms with Crippen LogP contribution in [0.15, 0.2) is 53.0 Å². The van der Waals surface area contributed by atoms with Crippen LogP contribution in [0.3, 0.4) is 0 Å². The molecule has 2 fully saturated rings. The number of carbonyl (C=O) groups excluding carboxylic acids is 1. The van der Waals surface area contributed by atoms with Crippen LogP contribution in [-0.4, -0.2) is 53.6 Å². The molecule has 0 spiro atoms. The quantitative estimate of drug-likeness (QED) is 0.453. The molecular weight excluding hydrogens is 472 g/mol. The van der Waals surface area contributed by atoms with Crippen LogP contribution < -0.4 is 4.74 Å². The highest BCUT2D eigenvalue weighted by Crippen LogP contribution is 2.31. The molecule has 1 unspecified atom stereocenters. The zero-order valence-electron chi connectivity index (χ0n) is 18.1. The molecule has 4 rings (SSSR count).